The Labute approximate surface area is 92.9 Å². The van der Waals surface area contributed by atoms with Gasteiger partial charge in [0.25, 0.3) is 5.91 Å². The zero-order chi connectivity index (χ0) is 11.7. The molecule has 1 aromatic carbocycles. The maximum absolute atomic E-state index is 13.3. The van der Waals surface area contributed by atoms with E-state index in [1.165, 1.54) is 29.2 Å². The van der Waals surface area contributed by atoms with E-state index in [9.17, 15) is 13.6 Å². The van der Waals surface area contributed by atoms with Gasteiger partial charge in [-0.15, -0.1) is 0 Å². The molecule has 0 aliphatic carbocycles. The van der Waals surface area contributed by atoms with Crippen LogP contribution in [0.4, 0.5) is 8.78 Å². The summed E-state index contributed by atoms with van der Waals surface area (Å²) in [6, 6.07) is 5.32. The second kappa shape index (κ2) is 4.20. The lowest BCUT2D eigenvalue weighted by Crippen LogP contribution is -2.29. The number of rotatable bonds is 1. The van der Waals surface area contributed by atoms with Gasteiger partial charge in [0.2, 0.25) is 0 Å². The van der Waals surface area contributed by atoms with Crippen LogP contribution in [0.15, 0.2) is 24.3 Å². The molecule has 0 radical (unpaired) electrons. The van der Waals surface area contributed by atoms with Crippen molar-refractivity contribution >= 4 is 5.91 Å². The van der Waals surface area contributed by atoms with Gasteiger partial charge in [-0.25, -0.2) is 8.78 Å². The van der Waals surface area contributed by atoms with Gasteiger partial charge in [0.05, 0.1) is 6.54 Å². The highest BCUT2D eigenvalue weighted by Crippen LogP contribution is 2.21. The van der Waals surface area contributed by atoms with Gasteiger partial charge < -0.3 is 4.90 Å². The van der Waals surface area contributed by atoms with Crippen LogP contribution in [0.5, 0.6) is 0 Å². The number of carbonyl (C=O) groups excluding carboxylic acids is 1. The first-order valence-electron chi connectivity index (χ1n) is 5.27. The molecule has 86 valence electrons. The lowest BCUT2D eigenvalue weighted by Gasteiger charge is -2.15. The second-order valence-corrected chi connectivity index (χ2v) is 4.21. The summed E-state index contributed by atoms with van der Waals surface area (Å²) >= 11 is 0. The molecule has 4 heteroatoms. The van der Waals surface area contributed by atoms with Gasteiger partial charge in [0.15, 0.2) is 0 Å². The fourth-order valence-corrected chi connectivity index (χ4v) is 1.87. The van der Waals surface area contributed by atoms with Crippen molar-refractivity contribution in [3.63, 3.8) is 0 Å². The number of hydrogen-bond acceptors (Lipinski definition) is 1. The molecule has 0 aromatic heterocycles. The quantitative estimate of drug-likeness (QED) is 0.718. The molecular weight excluding hydrogens is 212 g/mol. The molecule has 0 bridgehead atoms. The summed E-state index contributed by atoms with van der Waals surface area (Å²) in [6.45, 7) is 2.34. The molecule has 1 amide bonds. The van der Waals surface area contributed by atoms with Gasteiger partial charge in [-0.3, -0.25) is 4.79 Å². The topological polar surface area (TPSA) is 20.3 Å². The Hall–Kier alpha value is -1.45. The van der Waals surface area contributed by atoms with Crippen LogP contribution in [0.3, 0.4) is 0 Å². The molecule has 1 heterocycles. The fourth-order valence-electron chi connectivity index (χ4n) is 1.87. The Morgan fingerprint density at radius 3 is 2.44 bits per heavy atom. The van der Waals surface area contributed by atoms with Crippen molar-refractivity contribution in [1.82, 2.24) is 4.90 Å². The highest BCUT2D eigenvalue weighted by molar-refractivity contribution is 5.94. The third-order valence-electron chi connectivity index (χ3n) is 2.90. The minimum Gasteiger partial charge on any atom is -0.335 e. The number of hydrogen-bond donors (Lipinski definition) is 0. The summed E-state index contributed by atoms with van der Waals surface area (Å²) in [4.78, 5) is 13.4. The summed E-state index contributed by atoms with van der Waals surface area (Å²) < 4.78 is 25.9. The third kappa shape index (κ3) is 2.05. The number of alkyl halides is 1. The molecule has 1 saturated heterocycles. The largest absolute Gasteiger partial charge is 0.335 e. The average molecular weight is 225 g/mol. The average Bonchev–Trinajstić information content (AvgIpc) is 2.59. The first kappa shape index (κ1) is 11.0. The van der Waals surface area contributed by atoms with E-state index in [2.05, 4.69) is 0 Å². The molecule has 16 heavy (non-hydrogen) atoms. The fraction of sp³-hybridized carbons (Fsp3) is 0.417. The molecule has 0 saturated carbocycles. The van der Waals surface area contributed by atoms with Crippen LogP contribution >= 0.6 is 0 Å². The van der Waals surface area contributed by atoms with E-state index < -0.39 is 6.17 Å². The normalized spacial score (nSPS) is 24.8. The van der Waals surface area contributed by atoms with E-state index in [-0.39, 0.29) is 24.2 Å². The number of likely N-dealkylation sites (tertiary alicyclic amines) is 1. The van der Waals surface area contributed by atoms with E-state index >= 15 is 0 Å². The molecule has 1 fully saturated rings. The van der Waals surface area contributed by atoms with Crippen molar-refractivity contribution in [2.24, 2.45) is 5.92 Å². The number of amides is 1. The predicted octanol–water partition coefficient (Wildman–Crippen LogP) is 2.26. The molecule has 0 spiro atoms. The maximum atomic E-state index is 13.3. The van der Waals surface area contributed by atoms with Gasteiger partial charge >= 0.3 is 0 Å². The van der Waals surface area contributed by atoms with Gasteiger partial charge in [-0.1, -0.05) is 6.92 Å². The van der Waals surface area contributed by atoms with E-state index in [0.29, 0.717) is 12.1 Å². The van der Waals surface area contributed by atoms with Crippen LogP contribution < -0.4 is 0 Å². The molecule has 2 unspecified atom stereocenters. The standard InChI is InChI=1S/C12H13F2NO/c1-8-6-15(7-11(8)14)12(16)9-2-4-10(13)5-3-9/h2-5,8,11H,6-7H2,1H3. The summed E-state index contributed by atoms with van der Waals surface area (Å²) in [5.41, 5.74) is 0.405. The molecule has 1 aliphatic rings. The highest BCUT2D eigenvalue weighted by Gasteiger charge is 2.32. The van der Waals surface area contributed by atoms with Gasteiger partial charge in [-0.05, 0) is 24.3 Å². The van der Waals surface area contributed by atoms with E-state index in [1.807, 2.05) is 0 Å². The zero-order valence-electron chi connectivity index (χ0n) is 8.99. The number of nitrogens with zero attached hydrogens (tertiary/aromatic N) is 1. The summed E-state index contributed by atoms with van der Waals surface area (Å²) in [5, 5.41) is 0. The minimum absolute atomic E-state index is 0.121. The first-order chi connectivity index (χ1) is 7.58. The summed E-state index contributed by atoms with van der Waals surface area (Å²) in [7, 11) is 0. The van der Waals surface area contributed by atoms with Crippen molar-refractivity contribution in [2.45, 2.75) is 13.1 Å². The zero-order valence-corrected chi connectivity index (χ0v) is 8.99. The van der Waals surface area contributed by atoms with Gasteiger partial charge in [0.1, 0.15) is 12.0 Å². The van der Waals surface area contributed by atoms with Crippen LogP contribution in [-0.2, 0) is 0 Å². The highest BCUT2D eigenvalue weighted by atomic mass is 19.1. The van der Waals surface area contributed by atoms with Crippen LogP contribution in [0.1, 0.15) is 17.3 Å². The second-order valence-electron chi connectivity index (χ2n) is 4.21. The maximum Gasteiger partial charge on any atom is 0.253 e. The van der Waals surface area contributed by atoms with Crippen molar-refractivity contribution in [3.05, 3.63) is 35.6 Å². The van der Waals surface area contributed by atoms with Crippen molar-refractivity contribution in [2.75, 3.05) is 13.1 Å². The van der Waals surface area contributed by atoms with Crippen LogP contribution in [0, 0.1) is 11.7 Å². The smallest absolute Gasteiger partial charge is 0.253 e. The third-order valence-corrected chi connectivity index (χ3v) is 2.90. The van der Waals surface area contributed by atoms with Crippen LogP contribution in [0.25, 0.3) is 0 Å². The number of halogens is 2. The summed E-state index contributed by atoms with van der Waals surface area (Å²) in [6.07, 6.45) is -0.954. The monoisotopic (exact) mass is 225 g/mol. The molecule has 1 aliphatic heterocycles. The Morgan fingerprint density at radius 1 is 1.31 bits per heavy atom. The number of carbonyl (C=O) groups is 1. The molecule has 2 nitrogen and oxygen atoms in total. The molecule has 2 rings (SSSR count). The Balaban J connectivity index is 2.11. The van der Waals surface area contributed by atoms with E-state index in [4.69, 9.17) is 0 Å². The van der Waals surface area contributed by atoms with Crippen LogP contribution in [-0.4, -0.2) is 30.1 Å². The Bertz CT molecular complexity index is 381. The molecular formula is C12H13F2NO. The van der Waals surface area contributed by atoms with Crippen molar-refractivity contribution in [3.8, 4) is 0 Å². The Kier molecular flexibility index (Phi) is 2.90. The predicted molar refractivity (Wildman–Crippen MR) is 56.4 cm³/mol. The van der Waals surface area contributed by atoms with E-state index in [1.54, 1.807) is 6.92 Å². The lowest BCUT2D eigenvalue weighted by atomic mass is 10.1. The lowest BCUT2D eigenvalue weighted by molar-refractivity contribution is 0.0781. The molecule has 0 N–H and O–H groups in total. The number of benzene rings is 1. The van der Waals surface area contributed by atoms with Gasteiger partial charge in [-0.2, -0.15) is 0 Å². The minimum atomic E-state index is -0.954. The molecule has 2 atom stereocenters. The SMILES string of the molecule is CC1CN(C(=O)c2ccc(F)cc2)CC1F. The van der Waals surface area contributed by atoms with Crippen LogP contribution in [0.2, 0.25) is 0 Å². The van der Waals surface area contributed by atoms with Gasteiger partial charge in [0, 0.05) is 18.0 Å². The Morgan fingerprint density at radius 2 is 1.94 bits per heavy atom. The van der Waals surface area contributed by atoms with Crippen molar-refractivity contribution in [1.29, 1.82) is 0 Å². The molecule has 1 aromatic rings. The van der Waals surface area contributed by atoms with Crippen molar-refractivity contribution < 1.29 is 13.6 Å². The van der Waals surface area contributed by atoms with E-state index in [0.717, 1.165) is 0 Å². The first-order valence-corrected chi connectivity index (χ1v) is 5.27. The summed E-state index contributed by atoms with van der Waals surface area (Å²) in [5.74, 6) is -0.730.